The zero-order valence-corrected chi connectivity index (χ0v) is 22.6. The van der Waals surface area contributed by atoms with Crippen LogP contribution >= 0.6 is 0 Å². The van der Waals surface area contributed by atoms with E-state index in [1.807, 2.05) is 38.1 Å². The van der Waals surface area contributed by atoms with Crippen molar-refractivity contribution in [2.24, 2.45) is 5.92 Å². The second-order valence-electron chi connectivity index (χ2n) is 10.2. The fourth-order valence-electron chi connectivity index (χ4n) is 4.93. The third kappa shape index (κ3) is 4.30. The number of carbonyl (C=O) groups excluding carboxylic acids is 1. The van der Waals surface area contributed by atoms with Gasteiger partial charge in [0, 0.05) is 5.92 Å². The van der Waals surface area contributed by atoms with E-state index >= 15 is 0 Å². The smallest absolute Gasteiger partial charge is 0.342 e. The first kappa shape index (κ1) is 25.4. The molecule has 5 rings (SSSR count). The number of carbonyl (C=O) groups is 1. The summed E-state index contributed by atoms with van der Waals surface area (Å²) in [5, 5.41) is 9.13. The van der Waals surface area contributed by atoms with Gasteiger partial charge in [-0.15, -0.1) is 10.2 Å². The molecule has 0 radical (unpaired) electrons. The third-order valence-corrected chi connectivity index (χ3v) is 6.84. The minimum Gasteiger partial charge on any atom is -0.462 e. The van der Waals surface area contributed by atoms with Gasteiger partial charge >= 0.3 is 5.97 Å². The van der Waals surface area contributed by atoms with Gasteiger partial charge in [0.1, 0.15) is 22.5 Å². The molecule has 0 saturated carbocycles. The Morgan fingerprint density at radius 2 is 1.68 bits per heavy atom. The van der Waals surface area contributed by atoms with Gasteiger partial charge in [-0.2, -0.15) is 0 Å². The summed E-state index contributed by atoms with van der Waals surface area (Å²) < 4.78 is 14.6. The highest BCUT2D eigenvalue weighted by Gasteiger charge is 2.29. The number of aromatic nitrogens is 4. The quantitative estimate of drug-likeness (QED) is 0.257. The van der Waals surface area contributed by atoms with Gasteiger partial charge in [-0.05, 0) is 56.4 Å². The van der Waals surface area contributed by atoms with Crippen LogP contribution < -0.4 is 5.56 Å². The van der Waals surface area contributed by atoms with Crippen LogP contribution in [0.15, 0.2) is 57.7 Å². The number of esters is 1. The van der Waals surface area contributed by atoms with Gasteiger partial charge < -0.3 is 9.15 Å². The molecule has 0 saturated heterocycles. The molecule has 8 nitrogen and oxygen atoms in total. The van der Waals surface area contributed by atoms with E-state index in [0.29, 0.717) is 29.0 Å². The molecule has 0 N–H and O–H groups in total. The molecule has 8 heteroatoms. The summed E-state index contributed by atoms with van der Waals surface area (Å²) in [5.74, 6) is 1.03. The SMILES string of the molecule is CCOC(=O)c1c(C)oc2c1c(=O)n(-c1ccc(C)cc1)c1nnc(C(C)c3ccc(CC(C)C)cc3)n21. The van der Waals surface area contributed by atoms with Gasteiger partial charge in [0.25, 0.3) is 5.56 Å². The number of rotatable bonds is 7. The fourth-order valence-corrected chi connectivity index (χ4v) is 4.93. The van der Waals surface area contributed by atoms with E-state index in [1.165, 1.54) is 10.1 Å². The van der Waals surface area contributed by atoms with Crippen LogP contribution in [0.1, 0.15) is 72.2 Å². The van der Waals surface area contributed by atoms with Crippen LogP contribution in [0.3, 0.4) is 0 Å². The van der Waals surface area contributed by atoms with Gasteiger partial charge in [-0.3, -0.25) is 4.79 Å². The lowest BCUT2D eigenvalue weighted by Gasteiger charge is -2.14. The highest BCUT2D eigenvalue weighted by Crippen LogP contribution is 2.30. The molecule has 196 valence electrons. The summed E-state index contributed by atoms with van der Waals surface area (Å²) in [7, 11) is 0. The average molecular weight is 513 g/mol. The summed E-state index contributed by atoms with van der Waals surface area (Å²) >= 11 is 0. The summed E-state index contributed by atoms with van der Waals surface area (Å²) in [6, 6.07) is 16.0. The molecule has 0 aliphatic carbocycles. The predicted molar refractivity (Wildman–Crippen MR) is 146 cm³/mol. The standard InChI is InChI=1S/C30H32N4O4/c1-7-37-29(36)24-20(6)38-28-25(24)27(35)33(23-14-8-18(4)9-15-23)30-32-31-26(34(28)30)19(5)22-12-10-21(11-13-22)16-17(2)3/h8-15,17,19H,7,16H2,1-6H3. The molecule has 3 aromatic heterocycles. The van der Waals surface area contributed by atoms with Crippen LogP contribution in [0.25, 0.3) is 22.6 Å². The number of hydrogen-bond acceptors (Lipinski definition) is 6. The van der Waals surface area contributed by atoms with Crippen molar-refractivity contribution in [1.29, 1.82) is 0 Å². The topological polar surface area (TPSA) is 91.6 Å². The van der Waals surface area contributed by atoms with Gasteiger partial charge in [-0.1, -0.05) is 62.7 Å². The Kier molecular flexibility index (Phi) is 6.65. The van der Waals surface area contributed by atoms with E-state index < -0.39 is 11.5 Å². The third-order valence-electron chi connectivity index (χ3n) is 6.84. The average Bonchev–Trinajstić information content (AvgIpc) is 3.46. The number of hydrogen-bond donors (Lipinski definition) is 0. The number of nitrogens with zero attached hydrogens (tertiary/aromatic N) is 4. The minimum absolute atomic E-state index is 0.125. The van der Waals surface area contributed by atoms with Crippen molar-refractivity contribution in [3.05, 3.63) is 92.7 Å². The van der Waals surface area contributed by atoms with Gasteiger partial charge in [0.2, 0.25) is 11.5 Å². The maximum absolute atomic E-state index is 14.0. The predicted octanol–water partition coefficient (Wildman–Crippen LogP) is 5.77. The molecule has 3 heterocycles. The first-order chi connectivity index (χ1) is 18.2. The Balaban J connectivity index is 1.79. The van der Waals surface area contributed by atoms with Crippen molar-refractivity contribution in [3.8, 4) is 5.69 Å². The molecule has 0 spiro atoms. The van der Waals surface area contributed by atoms with E-state index in [2.05, 4.69) is 48.3 Å². The molecule has 0 fully saturated rings. The van der Waals surface area contributed by atoms with Crippen LogP contribution in [0.2, 0.25) is 0 Å². The van der Waals surface area contributed by atoms with E-state index in [9.17, 15) is 9.59 Å². The second-order valence-corrected chi connectivity index (χ2v) is 10.2. The van der Waals surface area contributed by atoms with Gasteiger partial charge in [-0.25, -0.2) is 13.8 Å². The number of fused-ring (bicyclic) bond motifs is 3. The van der Waals surface area contributed by atoms with Crippen molar-refractivity contribution in [2.45, 2.75) is 53.9 Å². The molecular formula is C30H32N4O4. The first-order valence-corrected chi connectivity index (χ1v) is 13.0. The second kappa shape index (κ2) is 9.93. The molecule has 0 amide bonds. The van der Waals surface area contributed by atoms with Crippen LogP contribution in [-0.4, -0.2) is 31.7 Å². The van der Waals surface area contributed by atoms with E-state index in [0.717, 1.165) is 17.5 Å². The number of ether oxygens (including phenoxy) is 1. The Labute approximate surface area is 220 Å². The lowest BCUT2D eigenvalue weighted by Crippen LogP contribution is -2.23. The fraction of sp³-hybridized carbons (Fsp3) is 0.333. The Morgan fingerprint density at radius 1 is 1.00 bits per heavy atom. The normalized spacial score (nSPS) is 12.5. The number of furan rings is 1. The van der Waals surface area contributed by atoms with Crippen molar-refractivity contribution in [3.63, 3.8) is 0 Å². The maximum Gasteiger partial charge on any atom is 0.342 e. The molecule has 2 aromatic carbocycles. The van der Waals surface area contributed by atoms with Crippen molar-refractivity contribution < 1.29 is 13.9 Å². The van der Waals surface area contributed by atoms with Crippen LogP contribution in [0, 0.1) is 19.8 Å². The monoisotopic (exact) mass is 512 g/mol. The number of aryl methyl sites for hydroxylation is 2. The molecule has 1 atom stereocenters. The van der Waals surface area contributed by atoms with Gasteiger partial charge in [0.15, 0.2) is 0 Å². The van der Waals surface area contributed by atoms with Crippen LogP contribution in [0.4, 0.5) is 0 Å². The van der Waals surface area contributed by atoms with E-state index in [1.54, 1.807) is 18.2 Å². The molecular weight excluding hydrogens is 480 g/mol. The molecule has 0 aliphatic rings. The summed E-state index contributed by atoms with van der Waals surface area (Å²) in [5.41, 5.74) is 3.95. The van der Waals surface area contributed by atoms with Crippen molar-refractivity contribution in [1.82, 2.24) is 19.2 Å². The summed E-state index contributed by atoms with van der Waals surface area (Å²) in [6.07, 6.45) is 1.01. The summed E-state index contributed by atoms with van der Waals surface area (Å²) in [6.45, 7) is 12.0. The van der Waals surface area contributed by atoms with Crippen molar-refractivity contribution >= 4 is 22.8 Å². The summed E-state index contributed by atoms with van der Waals surface area (Å²) in [4.78, 5) is 26.9. The maximum atomic E-state index is 14.0. The lowest BCUT2D eigenvalue weighted by molar-refractivity contribution is 0.0526. The molecule has 5 aromatic rings. The Hall–Kier alpha value is -4.20. The molecule has 38 heavy (non-hydrogen) atoms. The lowest BCUT2D eigenvalue weighted by atomic mass is 9.96. The molecule has 1 unspecified atom stereocenters. The van der Waals surface area contributed by atoms with E-state index in [-0.39, 0.29) is 29.2 Å². The molecule has 0 aliphatic heterocycles. The number of benzene rings is 2. The van der Waals surface area contributed by atoms with Crippen LogP contribution in [0.5, 0.6) is 0 Å². The van der Waals surface area contributed by atoms with Crippen LogP contribution in [-0.2, 0) is 11.2 Å². The largest absolute Gasteiger partial charge is 0.462 e. The van der Waals surface area contributed by atoms with E-state index in [4.69, 9.17) is 9.15 Å². The Bertz CT molecular complexity index is 1690. The highest BCUT2D eigenvalue weighted by molar-refractivity contribution is 6.04. The zero-order valence-electron chi connectivity index (χ0n) is 22.6. The Morgan fingerprint density at radius 3 is 2.32 bits per heavy atom. The zero-order chi connectivity index (χ0) is 27.1. The van der Waals surface area contributed by atoms with Crippen molar-refractivity contribution in [2.75, 3.05) is 6.61 Å². The minimum atomic E-state index is -0.598. The molecule has 0 bridgehead atoms. The van der Waals surface area contributed by atoms with Gasteiger partial charge in [0.05, 0.1) is 12.3 Å². The first-order valence-electron chi connectivity index (χ1n) is 13.0. The highest BCUT2D eigenvalue weighted by atomic mass is 16.5.